The Labute approximate surface area is 160 Å². The Morgan fingerprint density at radius 2 is 1.89 bits per heavy atom. The molecule has 2 heterocycles. The van der Waals surface area contributed by atoms with Gasteiger partial charge >= 0.3 is 6.18 Å². The summed E-state index contributed by atoms with van der Waals surface area (Å²) in [5.74, 6) is 0.0953. The lowest BCUT2D eigenvalue weighted by Gasteiger charge is -2.08. The summed E-state index contributed by atoms with van der Waals surface area (Å²) < 4.78 is 38.2. The molecule has 0 unspecified atom stereocenters. The maximum atomic E-state index is 12.6. The Kier molecular flexibility index (Phi) is 5.54. The number of rotatable bonds is 5. The molecule has 0 radical (unpaired) electrons. The van der Waals surface area contributed by atoms with E-state index in [0.29, 0.717) is 28.0 Å². The molecule has 3 rings (SSSR count). The molecule has 140 valence electrons. The van der Waals surface area contributed by atoms with Gasteiger partial charge in [-0.1, -0.05) is 12.1 Å². The number of hydrogen-bond acceptors (Lipinski definition) is 4. The second-order valence-electron chi connectivity index (χ2n) is 5.64. The average molecular weight is 440 g/mol. The highest BCUT2D eigenvalue weighted by molar-refractivity contribution is 9.10. The van der Waals surface area contributed by atoms with Crippen molar-refractivity contribution in [2.24, 2.45) is 0 Å². The van der Waals surface area contributed by atoms with E-state index in [1.165, 1.54) is 24.5 Å². The lowest BCUT2D eigenvalue weighted by Crippen LogP contribution is -2.13. The summed E-state index contributed by atoms with van der Waals surface area (Å²) in [6.07, 6.45) is -0.874. The first-order valence-corrected chi connectivity index (χ1v) is 8.61. The van der Waals surface area contributed by atoms with E-state index in [1.807, 2.05) is 0 Å². The van der Waals surface area contributed by atoms with Gasteiger partial charge in [0.05, 0.1) is 22.4 Å². The monoisotopic (exact) mass is 439 g/mol. The summed E-state index contributed by atoms with van der Waals surface area (Å²) in [4.78, 5) is 12.1. The van der Waals surface area contributed by atoms with Crippen LogP contribution >= 0.6 is 15.9 Å². The summed E-state index contributed by atoms with van der Waals surface area (Å²) in [7, 11) is 0. The van der Waals surface area contributed by atoms with Gasteiger partial charge in [-0.15, -0.1) is 0 Å². The van der Waals surface area contributed by atoms with Gasteiger partial charge in [-0.2, -0.15) is 28.5 Å². The first-order valence-electron chi connectivity index (χ1n) is 7.81. The molecule has 0 saturated heterocycles. The highest BCUT2D eigenvalue weighted by atomic mass is 79.9. The summed E-state index contributed by atoms with van der Waals surface area (Å²) >= 11 is 3.38. The summed E-state index contributed by atoms with van der Waals surface area (Å²) in [5.41, 5.74) is 1.22. The zero-order chi connectivity index (χ0) is 19.4. The van der Waals surface area contributed by atoms with E-state index in [-0.39, 0.29) is 12.3 Å². The van der Waals surface area contributed by atoms with E-state index in [0.717, 1.165) is 17.7 Å². The summed E-state index contributed by atoms with van der Waals surface area (Å²) in [6, 6.07) is 6.49. The van der Waals surface area contributed by atoms with Gasteiger partial charge in [0, 0.05) is 12.0 Å². The van der Waals surface area contributed by atoms with E-state index in [2.05, 4.69) is 41.6 Å². The Hall–Kier alpha value is -2.75. The van der Waals surface area contributed by atoms with Crippen molar-refractivity contribution in [3.63, 3.8) is 0 Å². The normalized spacial score (nSPS) is 11.4. The Bertz CT molecular complexity index is 926. The van der Waals surface area contributed by atoms with E-state index in [4.69, 9.17) is 0 Å². The number of anilines is 1. The van der Waals surface area contributed by atoms with E-state index in [9.17, 15) is 18.0 Å². The fourth-order valence-electron chi connectivity index (χ4n) is 2.35. The van der Waals surface area contributed by atoms with Crippen molar-refractivity contribution >= 4 is 27.7 Å². The fraction of sp³-hybridized carbons (Fsp3) is 0.176. The van der Waals surface area contributed by atoms with Crippen LogP contribution in [0.1, 0.15) is 17.5 Å². The third-order valence-corrected chi connectivity index (χ3v) is 4.52. The quantitative estimate of drug-likeness (QED) is 0.623. The maximum absolute atomic E-state index is 12.6. The van der Waals surface area contributed by atoms with Crippen LogP contribution in [0.5, 0.6) is 0 Å². The lowest BCUT2D eigenvalue weighted by molar-refractivity contribution is -0.137. The molecule has 2 aromatic heterocycles. The number of H-pyrrole nitrogens is 1. The van der Waals surface area contributed by atoms with Crippen molar-refractivity contribution < 1.29 is 18.0 Å². The van der Waals surface area contributed by atoms with Crippen LogP contribution < -0.4 is 5.32 Å². The summed E-state index contributed by atoms with van der Waals surface area (Å²) in [6.45, 7) is 0. The van der Waals surface area contributed by atoms with Gasteiger partial charge in [0.2, 0.25) is 5.91 Å². The van der Waals surface area contributed by atoms with Gasteiger partial charge < -0.3 is 5.32 Å². The van der Waals surface area contributed by atoms with Crippen LogP contribution in [0.25, 0.3) is 11.3 Å². The first-order chi connectivity index (χ1) is 12.8. The van der Waals surface area contributed by atoms with Crippen LogP contribution in [0.15, 0.2) is 47.2 Å². The predicted octanol–water partition coefficient (Wildman–Crippen LogP) is 4.22. The molecule has 0 atom stereocenters. The number of carbonyl (C=O) groups excluding carboxylic acids is 1. The molecular formula is C17H13BrF3N5O. The molecule has 1 aromatic carbocycles. The Balaban J connectivity index is 1.59. The minimum Gasteiger partial charge on any atom is -0.310 e. The van der Waals surface area contributed by atoms with Gasteiger partial charge in [-0.3, -0.25) is 9.89 Å². The number of hydrogen-bond donors (Lipinski definition) is 2. The molecule has 10 heteroatoms. The second kappa shape index (κ2) is 7.87. The smallest absolute Gasteiger partial charge is 0.310 e. The molecule has 0 spiro atoms. The van der Waals surface area contributed by atoms with Gasteiger partial charge in [0.15, 0.2) is 0 Å². The number of nitrogens with zero attached hydrogens (tertiary/aromatic N) is 3. The first kappa shape index (κ1) is 19.0. The zero-order valence-electron chi connectivity index (χ0n) is 13.7. The largest absolute Gasteiger partial charge is 0.416 e. The van der Waals surface area contributed by atoms with Crippen LogP contribution in [0.3, 0.4) is 0 Å². The topological polar surface area (TPSA) is 83.6 Å². The number of aromatic amines is 1. The Morgan fingerprint density at radius 1 is 1.15 bits per heavy atom. The standard InChI is InChI=1S/C17H13BrF3N5O/c18-14-15(11-7-8-22-23-9-11)25-26-16(14)24-13(27)6-3-10-1-4-12(5-2-10)17(19,20)21/h1-2,4-5,7-9H,3,6H2,(H2,24,25,26,27). The van der Waals surface area contributed by atoms with Gasteiger partial charge in [0.1, 0.15) is 11.5 Å². The number of aromatic nitrogens is 4. The van der Waals surface area contributed by atoms with E-state index in [1.54, 1.807) is 6.07 Å². The highest BCUT2D eigenvalue weighted by Crippen LogP contribution is 2.31. The minimum absolute atomic E-state index is 0.114. The van der Waals surface area contributed by atoms with Crippen LogP contribution in [0.2, 0.25) is 0 Å². The molecule has 3 aromatic rings. The van der Waals surface area contributed by atoms with Crippen LogP contribution in [0, 0.1) is 0 Å². The molecule has 0 aliphatic rings. The molecule has 6 nitrogen and oxygen atoms in total. The molecule has 0 saturated carbocycles. The summed E-state index contributed by atoms with van der Waals surface area (Å²) in [5, 5.41) is 17.0. The van der Waals surface area contributed by atoms with Gasteiger partial charge in [-0.25, -0.2) is 0 Å². The van der Waals surface area contributed by atoms with Crippen molar-refractivity contribution in [2.75, 3.05) is 5.32 Å². The SMILES string of the molecule is O=C(CCc1ccc(C(F)(F)F)cc1)Nc1[nH]nc(-c2ccnnc2)c1Br. The molecule has 1 amide bonds. The minimum atomic E-state index is -4.37. The van der Waals surface area contributed by atoms with E-state index < -0.39 is 11.7 Å². The van der Waals surface area contributed by atoms with Gasteiger partial charge in [-0.05, 0) is 46.1 Å². The number of halogens is 4. The highest BCUT2D eigenvalue weighted by Gasteiger charge is 2.29. The van der Waals surface area contributed by atoms with Crippen LogP contribution in [-0.4, -0.2) is 26.3 Å². The number of benzene rings is 1. The fourth-order valence-corrected chi connectivity index (χ4v) is 2.86. The predicted molar refractivity (Wildman–Crippen MR) is 95.7 cm³/mol. The molecular weight excluding hydrogens is 427 g/mol. The second-order valence-corrected chi connectivity index (χ2v) is 6.43. The molecule has 27 heavy (non-hydrogen) atoms. The number of amides is 1. The van der Waals surface area contributed by atoms with Crippen LogP contribution in [0.4, 0.5) is 19.0 Å². The van der Waals surface area contributed by atoms with Crippen molar-refractivity contribution in [3.05, 3.63) is 58.3 Å². The molecule has 0 fully saturated rings. The van der Waals surface area contributed by atoms with Crippen molar-refractivity contribution in [1.82, 2.24) is 20.4 Å². The van der Waals surface area contributed by atoms with Crippen LogP contribution in [-0.2, 0) is 17.4 Å². The average Bonchev–Trinajstić information content (AvgIpc) is 3.01. The Morgan fingerprint density at radius 3 is 2.52 bits per heavy atom. The van der Waals surface area contributed by atoms with Crippen molar-refractivity contribution in [1.29, 1.82) is 0 Å². The number of alkyl halides is 3. The van der Waals surface area contributed by atoms with Crippen molar-refractivity contribution in [3.8, 4) is 11.3 Å². The lowest BCUT2D eigenvalue weighted by atomic mass is 10.1. The third kappa shape index (κ3) is 4.70. The molecule has 2 N–H and O–H groups in total. The third-order valence-electron chi connectivity index (χ3n) is 3.75. The molecule has 0 aliphatic heterocycles. The number of aryl methyl sites for hydroxylation is 1. The molecule has 0 bridgehead atoms. The molecule has 0 aliphatic carbocycles. The maximum Gasteiger partial charge on any atom is 0.416 e. The van der Waals surface area contributed by atoms with Gasteiger partial charge in [0.25, 0.3) is 0 Å². The van der Waals surface area contributed by atoms with E-state index >= 15 is 0 Å². The van der Waals surface area contributed by atoms with Crippen molar-refractivity contribution in [2.45, 2.75) is 19.0 Å². The number of nitrogens with one attached hydrogen (secondary N) is 2. The zero-order valence-corrected chi connectivity index (χ0v) is 15.3. The number of carbonyl (C=O) groups is 1.